The summed E-state index contributed by atoms with van der Waals surface area (Å²) in [5.74, 6) is -0.156. The highest BCUT2D eigenvalue weighted by atomic mass is 16.5. The summed E-state index contributed by atoms with van der Waals surface area (Å²) in [5.41, 5.74) is 2.58. The van der Waals surface area contributed by atoms with Gasteiger partial charge in [-0.15, -0.1) is 0 Å². The van der Waals surface area contributed by atoms with E-state index in [0.717, 1.165) is 17.7 Å². The normalized spacial score (nSPS) is 12.2. The SMILES string of the molecule is CCc1c(C(C)CC)[nH]c(C=O)c1C(=O)OC. The molecule has 1 aromatic rings. The Morgan fingerprint density at radius 2 is 2.12 bits per heavy atom. The minimum absolute atomic E-state index is 0.294. The Bertz CT molecular complexity index is 421. The van der Waals surface area contributed by atoms with Gasteiger partial charge in [-0.05, 0) is 24.3 Å². The van der Waals surface area contributed by atoms with E-state index >= 15 is 0 Å². The summed E-state index contributed by atoms with van der Waals surface area (Å²) in [6.45, 7) is 6.11. The number of ether oxygens (including phenoxy) is 1. The van der Waals surface area contributed by atoms with Crippen LogP contribution < -0.4 is 0 Å². The second-order valence-corrected chi connectivity index (χ2v) is 4.08. The van der Waals surface area contributed by atoms with Gasteiger partial charge >= 0.3 is 5.97 Å². The smallest absolute Gasteiger partial charge is 0.340 e. The van der Waals surface area contributed by atoms with Gasteiger partial charge < -0.3 is 9.72 Å². The van der Waals surface area contributed by atoms with Crippen molar-refractivity contribution >= 4 is 12.3 Å². The minimum atomic E-state index is -0.449. The van der Waals surface area contributed by atoms with Gasteiger partial charge in [-0.1, -0.05) is 20.8 Å². The van der Waals surface area contributed by atoms with E-state index in [0.29, 0.717) is 29.9 Å². The van der Waals surface area contributed by atoms with Crippen LogP contribution in [0, 0.1) is 0 Å². The second kappa shape index (κ2) is 5.66. The van der Waals surface area contributed by atoms with Crippen molar-refractivity contribution in [3.63, 3.8) is 0 Å². The summed E-state index contributed by atoms with van der Waals surface area (Å²) in [6, 6.07) is 0. The average molecular weight is 237 g/mol. The molecule has 0 saturated heterocycles. The summed E-state index contributed by atoms with van der Waals surface area (Å²) in [4.78, 5) is 25.7. The van der Waals surface area contributed by atoms with Crippen molar-refractivity contribution in [3.8, 4) is 0 Å². The molecule has 0 bridgehead atoms. The number of methoxy groups -OCH3 is 1. The number of aromatic nitrogens is 1. The van der Waals surface area contributed by atoms with Crippen LogP contribution in [-0.4, -0.2) is 24.3 Å². The van der Waals surface area contributed by atoms with Crippen molar-refractivity contribution in [1.82, 2.24) is 4.98 Å². The lowest BCUT2D eigenvalue weighted by Crippen LogP contribution is -2.06. The van der Waals surface area contributed by atoms with E-state index in [1.807, 2.05) is 6.92 Å². The van der Waals surface area contributed by atoms with Crippen molar-refractivity contribution in [2.75, 3.05) is 7.11 Å². The van der Waals surface area contributed by atoms with Crippen LogP contribution in [-0.2, 0) is 11.2 Å². The van der Waals surface area contributed by atoms with Gasteiger partial charge in [-0.2, -0.15) is 0 Å². The number of H-pyrrole nitrogens is 1. The fourth-order valence-corrected chi connectivity index (χ4v) is 2.00. The van der Waals surface area contributed by atoms with Gasteiger partial charge in [0.1, 0.15) is 0 Å². The van der Waals surface area contributed by atoms with Crippen molar-refractivity contribution in [1.29, 1.82) is 0 Å². The topological polar surface area (TPSA) is 59.2 Å². The maximum atomic E-state index is 11.7. The Hall–Kier alpha value is -1.58. The molecule has 0 aliphatic rings. The molecule has 0 fully saturated rings. The highest BCUT2D eigenvalue weighted by Crippen LogP contribution is 2.27. The van der Waals surface area contributed by atoms with E-state index in [1.54, 1.807) is 0 Å². The number of hydrogen-bond acceptors (Lipinski definition) is 3. The Kier molecular flexibility index (Phi) is 4.49. The van der Waals surface area contributed by atoms with Gasteiger partial charge in [0.15, 0.2) is 6.29 Å². The molecule has 94 valence electrons. The molecular formula is C13H19NO3. The van der Waals surface area contributed by atoms with Gasteiger partial charge in [0.25, 0.3) is 0 Å². The van der Waals surface area contributed by atoms with Crippen LogP contribution in [0.1, 0.15) is 65.2 Å². The molecule has 1 unspecified atom stereocenters. The molecule has 4 heteroatoms. The Labute approximate surface area is 101 Å². The summed E-state index contributed by atoms with van der Waals surface area (Å²) < 4.78 is 4.73. The zero-order valence-electron chi connectivity index (χ0n) is 10.8. The van der Waals surface area contributed by atoms with Crippen LogP contribution in [0.5, 0.6) is 0 Å². The van der Waals surface area contributed by atoms with Crippen LogP contribution in [0.2, 0.25) is 0 Å². The Morgan fingerprint density at radius 3 is 2.53 bits per heavy atom. The molecule has 1 N–H and O–H groups in total. The summed E-state index contributed by atoms with van der Waals surface area (Å²) in [7, 11) is 1.33. The molecule has 0 aromatic carbocycles. The van der Waals surface area contributed by atoms with Crippen LogP contribution >= 0.6 is 0 Å². The fraction of sp³-hybridized carbons (Fsp3) is 0.538. The van der Waals surface area contributed by atoms with Crippen LogP contribution in [0.15, 0.2) is 0 Å². The maximum absolute atomic E-state index is 11.7. The molecule has 17 heavy (non-hydrogen) atoms. The van der Waals surface area contributed by atoms with Gasteiger partial charge in [0, 0.05) is 5.69 Å². The molecule has 0 amide bonds. The highest BCUT2D eigenvalue weighted by Gasteiger charge is 2.24. The molecule has 0 aliphatic heterocycles. The first-order valence-electron chi connectivity index (χ1n) is 5.88. The van der Waals surface area contributed by atoms with E-state index in [1.165, 1.54) is 7.11 Å². The second-order valence-electron chi connectivity index (χ2n) is 4.08. The van der Waals surface area contributed by atoms with Crippen LogP contribution in [0.3, 0.4) is 0 Å². The lowest BCUT2D eigenvalue weighted by molar-refractivity contribution is 0.0597. The number of hydrogen-bond donors (Lipinski definition) is 1. The van der Waals surface area contributed by atoms with E-state index < -0.39 is 5.97 Å². The van der Waals surface area contributed by atoms with Crippen molar-refractivity contribution in [2.24, 2.45) is 0 Å². The van der Waals surface area contributed by atoms with Gasteiger partial charge in [0.05, 0.1) is 18.4 Å². The van der Waals surface area contributed by atoms with Gasteiger partial charge in [-0.3, -0.25) is 4.79 Å². The number of aromatic amines is 1. The Balaban J connectivity index is 3.40. The maximum Gasteiger partial charge on any atom is 0.340 e. The third-order valence-electron chi connectivity index (χ3n) is 3.13. The lowest BCUT2D eigenvalue weighted by Gasteiger charge is -2.09. The van der Waals surface area contributed by atoms with Crippen molar-refractivity contribution in [3.05, 3.63) is 22.5 Å². The molecule has 0 spiro atoms. The number of esters is 1. The van der Waals surface area contributed by atoms with Crippen LogP contribution in [0.25, 0.3) is 0 Å². The lowest BCUT2D eigenvalue weighted by atomic mass is 9.97. The van der Waals surface area contributed by atoms with Crippen LogP contribution in [0.4, 0.5) is 0 Å². The Morgan fingerprint density at radius 1 is 1.47 bits per heavy atom. The highest BCUT2D eigenvalue weighted by molar-refractivity contribution is 5.99. The third kappa shape index (κ3) is 2.40. The average Bonchev–Trinajstić information content (AvgIpc) is 2.75. The molecule has 0 saturated carbocycles. The number of nitrogens with one attached hydrogen (secondary N) is 1. The molecule has 1 rings (SSSR count). The summed E-state index contributed by atoms with van der Waals surface area (Å²) in [6.07, 6.45) is 2.33. The molecule has 1 heterocycles. The summed E-state index contributed by atoms with van der Waals surface area (Å²) in [5, 5.41) is 0. The van der Waals surface area contributed by atoms with Gasteiger partial charge in [0.2, 0.25) is 0 Å². The van der Waals surface area contributed by atoms with E-state index in [4.69, 9.17) is 4.74 Å². The van der Waals surface area contributed by atoms with E-state index in [-0.39, 0.29) is 0 Å². The van der Waals surface area contributed by atoms with Crippen molar-refractivity contribution < 1.29 is 14.3 Å². The standard InChI is InChI=1S/C13H19NO3/c1-5-8(3)12-9(6-2)11(13(16)17-4)10(7-15)14-12/h7-8,14H,5-6H2,1-4H3. The monoisotopic (exact) mass is 237 g/mol. The molecule has 0 radical (unpaired) electrons. The van der Waals surface area contributed by atoms with E-state index in [9.17, 15) is 9.59 Å². The number of rotatable bonds is 5. The van der Waals surface area contributed by atoms with Gasteiger partial charge in [-0.25, -0.2) is 4.79 Å². The molecule has 1 aromatic heterocycles. The third-order valence-corrected chi connectivity index (χ3v) is 3.13. The quantitative estimate of drug-likeness (QED) is 0.632. The predicted molar refractivity (Wildman–Crippen MR) is 65.6 cm³/mol. The first-order valence-corrected chi connectivity index (χ1v) is 5.88. The molecule has 1 atom stereocenters. The number of carbonyl (C=O) groups is 2. The number of carbonyl (C=O) groups excluding carboxylic acids is 2. The van der Waals surface area contributed by atoms with E-state index in [2.05, 4.69) is 18.8 Å². The molecule has 4 nitrogen and oxygen atoms in total. The molecular weight excluding hydrogens is 218 g/mol. The number of aldehydes is 1. The first-order chi connectivity index (χ1) is 8.10. The fourth-order valence-electron chi connectivity index (χ4n) is 2.00. The zero-order valence-corrected chi connectivity index (χ0v) is 10.8. The van der Waals surface area contributed by atoms with Crippen molar-refractivity contribution in [2.45, 2.75) is 39.5 Å². The largest absolute Gasteiger partial charge is 0.465 e. The summed E-state index contributed by atoms with van der Waals surface area (Å²) >= 11 is 0. The molecule has 0 aliphatic carbocycles. The predicted octanol–water partition coefficient (Wildman–Crippen LogP) is 2.69. The first kappa shape index (κ1) is 13.5. The zero-order chi connectivity index (χ0) is 13.0. The minimum Gasteiger partial charge on any atom is -0.465 e.